The Bertz CT molecular complexity index is 752. The monoisotopic (exact) mass is 340 g/mol. The predicted octanol–water partition coefficient (Wildman–Crippen LogP) is 3.00. The maximum absolute atomic E-state index is 11.9. The van der Waals surface area contributed by atoms with Gasteiger partial charge in [0.05, 0.1) is 12.7 Å². The molecule has 0 bridgehead atoms. The Morgan fingerprint density at radius 2 is 1.32 bits per heavy atom. The first-order valence-electron chi connectivity index (χ1n) is 7.89. The second-order valence-corrected chi connectivity index (χ2v) is 5.39. The Morgan fingerprint density at radius 1 is 0.840 bits per heavy atom. The summed E-state index contributed by atoms with van der Waals surface area (Å²) in [5.74, 6) is -1.28. The van der Waals surface area contributed by atoms with E-state index in [4.69, 9.17) is 0 Å². The largest absolute Gasteiger partial charge is 0.465 e. The number of esters is 1. The molecule has 0 aromatic heterocycles. The molecule has 0 aliphatic heterocycles. The smallest absolute Gasteiger partial charge is 0.337 e. The third-order valence-corrected chi connectivity index (χ3v) is 3.56. The molecule has 25 heavy (non-hydrogen) atoms. The molecule has 6 heteroatoms. The van der Waals surface area contributed by atoms with Crippen molar-refractivity contribution in [2.24, 2.45) is 0 Å². The third kappa shape index (κ3) is 5.46. The molecule has 2 aromatic carbocycles. The third-order valence-electron chi connectivity index (χ3n) is 3.56. The summed E-state index contributed by atoms with van der Waals surface area (Å²) in [5.41, 5.74) is 2.70. The standard InChI is InChI=1S/C19H20N2O4/c1-3-13-4-8-15(9-5-13)20-17(22)12-18(23)21-16-10-6-14(7-11-16)19(24)25-2/h4-11H,3,12H2,1-2H3,(H,20,22)(H,21,23). The van der Waals surface area contributed by atoms with E-state index < -0.39 is 17.8 Å². The van der Waals surface area contributed by atoms with Crippen molar-refractivity contribution in [2.75, 3.05) is 17.7 Å². The minimum atomic E-state index is -0.452. The molecule has 0 heterocycles. The molecule has 0 saturated carbocycles. The number of hydrogen-bond acceptors (Lipinski definition) is 4. The number of carbonyl (C=O) groups is 3. The minimum Gasteiger partial charge on any atom is -0.465 e. The Labute approximate surface area is 146 Å². The summed E-state index contributed by atoms with van der Waals surface area (Å²) in [4.78, 5) is 35.2. The minimum absolute atomic E-state index is 0.297. The van der Waals surface area contributed by atoms with Gasteiger partial charge in [-0.05, 0) is 48.4 Å². The molecule has 0 fully saturated rings. The lowest BCUT2D eigenvalue weighted by Crippen LogP contribution is -2.21. The van der Waals surface area contributed by atoms with Gasteiger partial charge < -0.3 is 15.4 Å². The Kier molecular flexibility index (Phi) is 6.28. The summed E-state index contributed by atoms with van der Waals surface area (Å²) in [6.45, 7) is 2.05. The van der Waals surface area contributed by atoms with Crippen molar-refractivity contribution in [3.8, 4) is 0 Å². The van der Waals surface area contributed by atoms with Crippen molar-refractivity contribution in [3.05, 3.63) is 59.7 Å². The number of rotatable bonds is 6. The van der Waals surface area contributed by atoms with Crippen LogP contribution in [0, 0.1) is 0 Å². The summed E-state index contributed by atoms with van der Waals surface area (Å²) in [6.07, 6.45) is 0.625. The van der Waals surface area contributed by atoms with E-state index in [0.717, 1.165) is 6.42 Å². The molecule has 2 N–H and O–H groups in total. The van der Waals surface area contributed by atoms with Gasteiger partial charge in [0, 0.05) is 11.4 Å². The van der Waals surface area contributed by atoms with Gasteiger partial charge in [0.25, 0.3) is 0 Å². The topological polar surface area (TPSA) is 84.5 Å². The number of hydrogen-bond donors (Lipinski definition) is 2. The van der Waals surface area contributed by atoms with Gasteiger partial charge in [-0.2, -0.15) is 0 Å². The van der Waals surface area contributed by atoms with Gasteiger partial charge in [-0.25, -0.2) is 4.79 Å². The van der Waals surface area contributed by atoms with Gasteiger partial charge >= 0.3 is 5.97 Å². The highest BCUT2D eigenvalue weighted by atomic mass is 16.5. The van der Waals surface area contributed by atoms with Crippen LogP contribution in [-0.2, 0) is 20.7 Å². The molecule has 2 amide bonds. The molecular weight excluding hydrogens is 320 g/mol. The average molecular weight is 340 g/mol. The van der Waals surface area contributed by atoms with Crippen LogP contribution in [0.1, 0.15) is 29.3 Å². The molecule has 0 unspecified atom stereocenters. The Balaban J connectivity index is 1.86. The van der Waals surface area contributed by atoms with Gasteiger partial charge in [0.2, 0.25) is 11.8 Å². The average Bonchev–Trinajstić information content (AvgIpc) is 2.62. The van der Waals surface area contributed by atoms with Crippen LogP contribution in [0.4, 0.5) is 11.4 Å². The lowest BCUT2D eigenvalue weighted by Gasteiger charge is -2.08. The van der Waals surface area contributed by atoms with Gasteiger partial charge in [0.15, 0.2) is 0 Å². The Morgan fingerprint density at radius 3 is 1.76 bits per heavy atom. The lowest BCUT2D eigenvalue weighted by molar-refractivity contribution is -0.123. The van der Waals surface area contributed by atoms with Crippen LogP contribution in [-0.4, -0.2) is 24.9 Å². The highest BCUT2D eigenvalue weighted by molar-refractivity contribution is 6.08. The van der Waals surface area contributed by atoms with Gasteiger partial charge in [-0.15, -0.1) is 0 Å². The number of methoxy groups -OCH3 is 1. The van der Waals surface area contributed by atoms with Crippen LogP contribution in [0.5, 0.6) is 0 Å². The molecule has 0 aliphatic carbocycles. The number of carbonyl (C=O) groups excluding carboxylic acids is 3. The molecule has 0 aliphatic rings. The van der Waals surface area contributed by atoms with E-state index in [1.165, 1.54) is 24.8 Å². The molecule has 130 valence electrons. The van der Waals surface area contributed by atoms with Crippen molar-refractivity contribution in [1.82, 2.24) is 0 Å². The van der Waals surface area contributed by atoms with Gasteiger partial charge in [-0.3, -0.25) is 9.59 Å². The second-order valence-electron chi connectivity index (χ2n) is 5.39. The number of anilines is 2. The maximum Gasteiger partial charge on any atom is 0.337 e. The van der Waals surface area contributed by atoms with Crippen LogP contribution in [0.15, 0.2) is 48.5 Å². The fourth-order valence-corrected chi connectivity index (χ4v) is 2.19. The maximum atomic E-state index is 11.9. The summed E-state index contributed by atoms with van der Waals surface area (Å²) >= 11 is 0. The molecule has 2 aromatic rings. The Hall–Kier alpha value is -3.15. The summed E-state index contributed by atoms with van der Waals surface area (Å²) in [6, 6.07) is 13.7. The molecule has 2 rings (SSSR count). The summed E-state index contributed by atoms with van der Waals surface area (Å²) < 4.78 is 4.60. The molecule has 6 nitrogen and oxygen atoms in total. The van der Waals surface area contributed by atoms with E-state index in [0.29, 0.717) is 16.9 Å². The first kappa shape index (κ1) is 18.2. The first-order chi connectivity index (χ1) is 12.0. The highest BCUT2D eigenvalue weighted by Gasteiger charge is 2.11. The van der Waals surface area contributed by atoms with Crippen molar-refractivity contribution in [1.29, 1.82) is 0 Å². The van der Waals surface area contributed by atoms with Gasteiger partial charge in [0.1, 0.15) is 6.42 Å². The van der Waals surface area contributed by atoms with Crippen LogP contribution in [0.2, 0.25) is 0 Å². The van der Waals surface area contributed by atoms with E-state index in [-0.39, 0.29) is 6.42 Å². The molecular formula is C19H20N2O4. The zero-order valence-electron chi connectivity index (χ0n) is 14.2. The van der Waals surface area contributed by atoms with Crippen LogP contribution in [0.25, 0.3) is 0 Å². The molecule has 0 atom stereocenters. The molecule has 0 radical (unpaired) electrons. The number of ether oxygens (including phenoxy) is 1. The molecule has 0 spiro atoms. The number of amides is 2. The number of benzene rings is 2. The number of aryl methyl sites for hydroxylation is 1. The quantitative estimate of drug-likeness (QED) is 0.625. The van der Waals surface area contributed by atoms with E-state index >= 15 is 0 Å². The van der Waals surface area contributed by atoms with Crippen LogP contribution >= 0.6 is 0 Å². The highest BCUT2D eigenvalue weighted by Crippen LogP contribution is 2.12. The van der Waals surface area contributed by atoms with E-state index in [2.05, 4.69) is 22.3 Å². The van der Waals surface area contributed by atoms with Crippen molar-refractivity contribution in [3.63, 3.8) is 0 Å². The number of nitrogens with one attached hydrogen (secondary N) is 2. The van der Waals surface area contributed by atoms with Crippen molar-refractivity contribution in [2.45, 2.75) is 19.8 Å². The lowest BCUT2D eigenvalue weighted by atomic mass is 10.1. The van der Waals surface area contributed by atoms with E-state index in [9.17, 15) is 14.4 Å². The van der Waals surface area contributed by atoms with Crippen molar-refractivity contribution >= 4 is 29.2 Å². The van der Waals surface area contributed by atoms with Crippen LogP contribution in [0.3, 0.4) is 0 Å². The van der Waals surface area contributed by atoms with E-state index in [1.807, 2.05) is 12.1 Å². The van der Waals surface area contributed by atoms with Gasteiger partial charge in [-0.1, -0.05) is 19.1 Å². The fraction of sp³-hybridized carbons (Fsp3) is 0.211. The van der Waals surface area contributed by atoms with E-state index in [1.54, 1.807) is 24.3 Å². The SMILES string of the molecule is CCc1ccc(NC(=O)CC(=O)Nc2ccc(C(=O)OC)cc2)cc1. The first-order valence-corrected chi connectivity index (χ1v) is 7.89. The summed E-state index contributed by atoms with van der Waals surface area (Å²) in [5, 5.41) is 5.29. The molecule has 0 saturated heterocycles. The normalized spacial score (nSPS) is 10.0. The zero-order chi connectivity index (χ0) is 18.2. The zero-order valence-corrected chi connectivity index (χ0v) is 14.2. The van der Waals surface area contributed by atoms with Crippen LogP contribution < -0.4 is 10.6 Å². The predicted molar refractivity (Wildman–Crippen MR) is 95.5 cm³/mol. The van der Waals surface area contributed by atoms with Crippen molar-refractivity contribution < 1.29 is 19.1 Å². The second kappa shape index (κ2) is 8.63. The summed E-state index contributed by atoms with van der Waals surface area (Å²) in [7, 11) is 1.30. The fourth-order valence-electron chi connectivity index (χ4n) is 2.19.